The van der Waals surface area contributed by atoms with E-state index in [1.165, 1.54) is 11.1 Å². The zero-order valence-electron chi connectivity index (χ0n) is 11.7. The highest BCUT2D eigenvalue weighted by Gasteiger charge is 2.13. The second kappa shape index (κ2) is 6.75. The molecule has 2 aromatic carbocycles. The highest BCUT2D eigenvalue weighted by atomic mass is 35.5. The summed E-state index contributed by atoms with van der Waals surface area (Å²) in [5.41, 5.74) is 6.35. The fourth-order valence-electron chi connectivity index (χ4n) is 2.10. The first-order valence-corrected chi connectivity index (χ1v) is 6.89. The van der Waals surface area contributed by atoms with E-state index in [9.17, 15) is 0 Å². The van der Waals surface area contributed by atoms with E-state index >= 15 is 0 Å². The van der Waals surface area contributed by atoms with Gasteiger partial charge in [0.1, 0.15) is 12.4 Å². The summed E-state index contributed by atoms with van der Waals surface area (Å²) in [4.78, 5) is 0. The molecule has 2 rings (SSSR count). The van der Waals surface area contributed by atoms with Crippen molar-refractivity contribution in [1.82, 2.24) is 5.43 Å². The lowest BCUT2D eigenvalue weighted by Crippen LogP contribution is -2.32. The largest absolute Gasteiger partial charge is 0.492 e. The number of hydrogen-bond donors (Lipinski definition) is 2. The Balaban J connectivity index is 2.11. The predicted molar refractivity (Wildman–Crippen MR) is 82.9 cm³/mol. The first-order chi connectivity index (χ1) is 9.60. The van der Waals surface area contributed by atoms with Crippen LogP contribution in [0.4, 0.5) is 0 Å². The molecule has 0 saturated heterocycles. The number of ether oxygens (including phenoxy) is 1. The lowest BCUT2D eigenvalue weighted by Gasteiger charge is -2.19. The van der Waals surface area contributed by atoms with E-state index in [-0.39, 0.29) is 6.04 Å². The van der Waals surface area contributed by atoms with E-state index in [2.05, 4.69) is 37.5 Å². The second-order valence-electron chi connectivity index (χ2n) is 4.85. The molecular weight excluding hydrogens is 272 g/mol. The van der Waals surface area contributed by atoms with Gasteiger partial charge in [0.05, 0.1) is 6.04 Å². The number of nitrogens with two attached hydrogens (primary N) is 1. The molecule has 106 valence electrons. The highest BCUT2D eigenvalue weighted by molar-refractivity contribution is 6.30. The summed E-state index contributed by atoms with van der Waals surface area (Å²) >= 11 is 5.94. The lowest BCUT2D eigenvalue weighted by molar-refractivity contribution is 0.267. The molecule has 0 amide bonds. The van der Waals surface area contributed by atoms with Gasteiger partial charge in [0.15, 0.2) is 0 Å². The van der Waals surface area contributed by atoms with Gasteiger partial charge >= 0.3 is 0 Å². The minimum Gasteiger partial charge on any atom is -0.492 e. The van der Waals surface area contributed by atoms with Gasteiger partial charge in [0, 0.05) is 5.02 Å². The molecular formula is C16H19ClN2O. The SMILES string of the molecule is Cc1ccc(C)c(C(COc2cccc(Cl)c2)NN)c1. The van der Waals surface area contributed by atoms with Crippen molar-refractivity contribution in [1.29, 1.82) is 0 Å². The van der Waals surface area contributed by atoms with Crippen molar-refractivity contribution in [3.05, 3.63) is 64.2 Å². The average molecular weight is 291 g/mol. The molecule has 4 heteroatoms. The van der Waals surface area contributed by atoms with Crippen LogP contribution in [0.1, 0.15) is 22.7 Å². The van der Waals surface area contributed by atoms with Gasteiger partial charge in [-0.2, -0.15) is 0 Å². The summed E-state index contributed by atoms with van der Waals surface area (Å²) < 4.78 is 5.76. The zero-order valence-corrected chi connectivity index (χ0v) is 12.4. The molecule has 0 fully saturated rings. The standard InChI is InChI=1S/C16H19ClN2O/c1-11-6-7-12(2)15(8-11)16(19-18)10-20-14-5-3-4-13(17)9-14/h3-9,16,19H,10,18H2,1-2H3. The molecule has 0 aliphatic rings. The maximum absolute atomic E-state index is 5.94. The Labute approximate surface area is 124 Å². The maximum Gasteiger partial charge on any atom is 0.120 e. The van der Waals surface area contributed by atoms with E-state index in [0.29, 0.717) is 11.6 Å². The maximum atomic E-state index is 5.94. The minimum absolute atomic E-state index is 0.0612. The molecule has 0 spiro atoms. The first-order valence-electron chi connectivity index (χ1n) is 6.52. The Bertz CT molecular complexity index is 586. The van der Waals surface area contributed by atoms with Crippen LogP contribution >= 0.6 is 11.6 Å². The van der Waals surface area contributed by atoms with Gasteiger partial charge < -0.3 is 4.74 Å². The van der Waals surface area contributed by atoms with E-state index in [1.54, 1.807) is 6.07 Å². The third-order valence-corrected chi connectivity index (χ3v) is 3.46. The molecule has 0 radical (unpaired) electrons. The zero-order chi connectivity index (χ0) is 14.5. The first kappa shape index (κ1) is 14.9. The smallest absolute Gasteiger partial charge is 0.120 e. The third-order valence-electron chi connectivity index (χ3n) is 3.22. The molecule has 0 saturated carbocycles. The topological polar surface area (TPSA) is 47.3 Å². The van der Waals surface area contributed by atoms with Crippen LogP contribution < -0.4 is 16.0 Å². The van der Waals surface area contributed by atoms with E-state index in [4.69, 9.17) is 22.2 Å². The average Bonchev–Trinajstić information content (AvgIpc) is 2.43. The molecule has 0 bridgehead atoms. The van der Waals surface area contributed by atoms with Crippen LogP contribution in [0.5, 0.6) is 5.75 Å². The van der Waals surface area contributed by atoms with Gasteiger partial charge in [-0.25, -0.2) is 5.43 Å². The number of benzene rings is 2. The van der Waals surface area contributed by atoms with E-state index in [1.807, 2.05) is 18.2 Å². The number of hydrogen-bond acceptors (Lipinski definition) is 3. The quantitative estimate of drug-likeness (QED) is 0.654. The Kier molecular flexibility index (Phi) is 5.01. The molecule has 2 aromatic rings. The number of rotatable bonds is 5. The fourth-order valence-corrected chi connectivity index (χ4v) is 2.28. The number of aryl methyl sites for hydroxylation is 2. The Hall–Kier alpha value is -1.55. The van der Waals surface area contributed by atoms with Crippen molar-refractivity contribution >= 4 is 11.6 Å². The van der Waals surface area contributed by atoms with Crippen LogP contribution in [-0.4, -0.2) is 6.61 Å². The number of halogens is 1. The van der Waals surface area contributed by atoms with Crippen molar-refractivity contribution < 1.29 is 4.74 Å². The van der Waals surface area contributed by atoms with Gasteiger partial charge in [0.25, 0.3) is 0 Å². The summed E-state index contributed by atoms with van der Waals surface area (Å²) in [6.45, 7) is 4.58. The van der Waals surface area contributed by atoms with Gasteiger partial charge in [-0.1, -0.05) is 41.4 Å². The van der Waals surface area contributed by atoms with Crippen molar-refractivity contribution in [2.45, 2.75) is 19.9 Å². The summed E-state index contributed by atoms with van der Waals surface area (Å²) in [5, 5.41) is 0.659. The Morgan fingerprint density at radius 1 is 1.20 bits per heavy atom. The number of nitrogens with one attached hydrogen (secondary N) is 1. The van der Waals surface area contributed by atoms with Gasteiger partial charge in [-0.15, -0.1) is 0 Å². The van der Waals surface area contributed by atoms with Crippen molar-refractivity contribution in [2.24, 2.45) is 5.84 Å². The van der Waals surface area contributed by atoms with Crippen molar-refractivity contribution in [2.75, 3.05) is 6.61 Å². The fraction of sp³-hybridized carbons (Fsp3) is 0.250. The molecule has 0 aliphatic carbocycles. The predicted octanol–water partition coefficient (Wildman–Crippen LogP) is 3.54. The van der Waals surface area contributed by atoms with Crippen LogP contribution in [0.15, 0.2) is 42.5 Å². The van der Waals surface area contributed by atoms with Crippen LogP contribution in [0, 0.1) is 13.8 Å². The van der Waals surface area contributed by atoms with E-state index in [0.717, 1.165) is 11.3 Å². The molecule has 3 nitrogen and oxygen atoms in total. The Morgan fingerprint density at radius 2 is 2.00 bits per heavy atom. The van der Waals surface area contributed by atoms with Gasteiger partial charge in [-0.05, 0) is 43.2 Å². The third kappa shape index (κ3) is 3.73. The molecule has 0 heterocycles. The minimum atomic E-state index is -0.0612. The lowest BCUT2D eigenvalue weighted by atomic mass is 10.00. The number of hydrazine groups is 1. The van der Waals surface area contributed by atoms with Crippen LogP contribution in [0.3, 0.4) is 0 Å². The molecule has 1 atom stereocenters. The van der Waals surface area contributed by atoms with Crippen molar-refractivity contribution in [3.8, 4) is 5.75 Å². The van der Waals surface area contributed by atoms with E-state index < -0.39 is 0 Å². The van der Waals surface area contributed by atoms with Crippen molar-refractivity contribution in [3.63, 3.8) is 0 Å². The monoisotopic (exact) mass is 290 g/mol. The van der Waals surface area contributed by atoms with Crippen LogP contribution in [0.2, 0.25) is 5.02 Å². The highest BCUT2D eigenvalue weighted by Crippen LogP contribution is 2.22. The van der Waals surface area contributed by atoms with Crippen LogP contribution in [0.25, 0.3) is 0 Å². The molecule has 3 N–H and O–H groups in total. The summed E-state index contributed by atoms with van der Waals surface area (Å²) in [5.74, 6) is 6.40. The summed E-state index contributed by atoms with van der Waals surface area (Å²) in [6.07, 6.45) is 0. The van der Waals surface area contributed by atoms with Gasteiger partial charge in [-0.3, -0.25) is 5.84 Å². The molecule has 0 aliphatic heterocycles. The molecule has 1 unspecified atom stereocenters. The summed E-state index contributed by atoms with van der Waals surface area (Å²) in [7, 11) is 0. The van der Waals surface area contributed by atoms with Crippen LogP contribution in [-0.2, 0) is 0 Å². The Morgan fingerprint density at radius 3 is 2.70 bits per heavy atom. The summed E-state index contributed by atoms with van der Waals surface area (Å²) in [6, 6.07) is 13.6. The second-order valence-corrected chi connectivity index (χ2v) is 5.28. The van der Waals surface area contributed by atoms with Gasteiger partial charge in [0.2, 0.25) is 0 Å². The molecule has 0 aromatic heterocycles. The molecule has 20 heavy (non-hydrogen) atoms. The normalized spacial score (nSPS) is 12.2.